The van der Waals surface area contributed by atoms with Gasteiger partial charge in [0, 0.05) is 25.3 Å². The topological polar surface area (TPSA) is 67.8 Å². The van der Waals surface area contributed by atoms with E-state index in [1.54, 1.807) is 6.20 Å². The van der Waals surface area contributed by atoms with E-state index < -0.39 is 0 Å². The molecule has 1 fully saturated rings. The molecule has 4 heterocycles. The van der Waals surface area contributed by atoms with Gasteiger partial charge in [-0.1, -0.05) is 23.9 Å². The third kappa shape index (κ3) is 3.67. The summed E-state index contributed by atoms with van der Waals surface area (Å²) in [6, 6.07) is 7.99. The lowest BCUT2D eigenvalue weighted by Crippen LogP contribution is -2.51. The minimum Gasteiger partial charge on any atom is -0.486 e. The molecule has 7 nitrogen and oxygen atoms in total. The Morgan fingerprint density at radius 3 is 3.00 bits per heavy atom. The second-order valence-electron chi connectivity index (χ2n) is 7.70. The first-order chi connectivity index (χ1) is 14.2. The molecule has 29 heavy (non-hydrogen) atoms. The number of likely N-dealkylation sites (tertiary alicyclic amines) is 1. The van der Waals surface area contributed by atoms with Crippen molar-refractivity contribution in [3.05, 3.63) is 41.7 Å². The number of carbonyl (C=O) groups excluding carboxylic acids is 1. The van der Waals surface area contributed by atoms with Crippen LogP contribution in [-0.4, -0.2) is 70.3 Å². The minimum atomic E-state index is 0.00475. The molecule has 0 N–H and O–H groups in total. The Hall–Kier alpha value is -2.32. The van der Waals surface area contributed by atoms with Crippen LogP contribution < -0.4 is 9.47 Å². The summed E-state index contributed by atoms with van der Waals surface area (Å²) in [5.41, 5.74) is 1.51. The van der Waals surface area contributed by atoms with Gasteiger partial charge in [0.15, 0.2) is 16.7 Å². The van der Waals surface area contributed by atoms with Crippen molar-refractivity contribution < 1.29 is 14.3 Å². The maximum Gasteiger partial charge on any atom is 0.258 e. The third-order valence-electron chi connectivity index (χ3n) is 5.79. The van der Waals surface area contributed by atoms with E-state index in [4.69, 9.17) is 9.47 Å². The number of para-hydroxylation sites is 2. The van der Waals surface area contributed by atoms with Crippen molar-refractivity contribution >= 4 is 17.7 Å². The van der Waals surface area contributed by atoms with Crippen molar-refractivity contribution in [3.63, 3.8) is 0 Å². The van der Waals surface area contributed by atoms with Crippen molar-refractivity contribution in [2.75, 3.05) is 32.5 Å². The fourth-order valence-electron chi connectivity index (χ4n) is 4.37. The van der Waals surface area contributed by atoms with Crippen LogP contribution >= 0.6 is 11.8 Å². The van der Waals surface area contributed by atoms with Crippen LogP contribution in [0, 0.1) is 0 Å². The standard InChI is InChI=1S/C21H24N4O3S/c1-29-21-22-9-16-17(23-21)12-25(20(16)26)14-5-4-8-24(10-14)11-15-13-27-18-6-2-3-7-19(18)28-15/h2-3,6-7,9,14-15H,4-5,8,10-13H2,1H3. The molecule has 1 aromatic heterocycles. The number of ether oxygens (including phenoxy) is 2. The molecule has 1 amide bonds. The van der Waals surface area contributed by atoms with Gasteiger partial charge in [0.2, 0.25) is 0 Å². The van der Waals surface area contributed by atoms with Crippen LogP contribution in [0.3, 0.4) is 0 Å². The normalized spacial score (nSPS) is 23.9. The van der Waals surface area contributed by atoms with Gasteiger partial charge in [0.1, 0.15) is 12.7 Å². The van der Waals surface area contributed by atoms with Crippen LogP contribution in [0.15, 0.2) is 35.6 Å². The summed E-state index contributed by atoms with van der Waals surface area (Å²) < 4.78 is 12.0. The minimum absolute atomic E-state index is 0.00475. The van der Waals surface area contributed by atoms with E-state index in [0.717, 1.165) is 54.8 Å². The second kappa shape index (κ2) is 7.84. The number of hydrogen-bond acceptors (Lipinski definition) is 7. The summed E-state index contributed by atoms with van der Waals surface area (Å²) in [5.74, 6) is 1.68. The van der Waals surface area contributed by atoms with Crippen molar-refractivity contribution in [3.8, 4) is 11.5 Å². The summed E-state index contributed by atoms with van der Waals surface area (Å²) in [7, 11) is 0. The van der Waals surface area contributed by atoms with Gasteiger partial charge < -0.3 is 14.4 Å². The van der Waals surface area contributed by atoms with Crippen molar-refractivity contribution in [1.82, 2.24) is 19.8 Å². The highest BCUT2D eigenvalue weighted by Gasteiger charge is 2.37. The first kappa shape index (κ1) is 18.7. The van der Waals surface area contributed by atoms with E-state index >= 15 is 0 Å². The van der Waals surface area contributed by atoms with Crippen LogP contribution in [0.1, 0.15) is 28.9 Å². The number of hydrogen-bond donors (Lipinski definition) is 0. The van der Waals surface area contributed by atoms with Gasteiger partial charge in [0.05, 0.1) is 17.8 Å². The van der Waals surface area contributed by atoms with Gasteiger partial charge in [0.25, 0.3) is 5.91 Å². The summed E-state index contributed by atoms with van der Waals surface area (Å²) in [6.45, 7) is 3.81. The molecule has 0 aliphatic carbocycles. The molecular formula is C21H24N4O3S. The summed E-state index contributed by atoms with van der Waals surface area (Å²) >= 11 is 1.50. The van der Waals surface area contributed by atoms with E-state index in [2.05, 4.69) is 14.9 Å². The van der Waals surface area contributed by atoms with Crippen molar-refractivity contribution in [2.45, 2.75) is 36.7 Å². The lowest BCUT2D eigenvalue weighted by Gasteiger charge is -2.39. The summed E-state index contributed by atoms with van der Waals surface area (Å²) in [6.07, 6.45) is 5.72. The SMILES string of the molecule is CSc1ncc2c(n1)CN(C1CCCN(CC3COc4ccccc4O3)C1)C2=O. The largest absolute Gasteiger partial charge is 0.486 e. The average Bonchev–Trinajstić information content (AvgIpc) is 3.09. The summed E-state index contributed by atoms with van der Waals surface area (Å²) in [5, 5.41) is 0.721. The monoisotopic (exact) mass is 412 g/mol. The number of nitrogens with zero attached hydrogens (tertiary/aromatic N) is 4. The molecule has 3 aliphatic rings. The second-order valence-corrected chi connectivity index (χ2v) is 8.48. The Labute approximate surface area is 174 Å². The van der Waals surface area contributed by atoms with Crippen LogP contribution in [0.4, 0.5) is 0 Å². The van der Waals surface area contributed by atoms with Crippen LogP contribution in [0.5, 0.6) is 11.5 Å². The molecule has 0 saturated carbocycles. The predicted molar refractivity (Wildman–Crippen MR) is 110 cm³/mol. The third-order valence-corrected chi connectivity index (χ3v) is 6.35. The number of benzene rings is 1. The molecule has 2 unspecified atom stereocenters. The number of aromatic nitrogens is 2. The fraction of sp³-hybridized carbons (Fsp3) is 0.476. The number of rotatable bonds is 4. The number of carbonyl (C=O) groups is 1. The van der Waals surface area contributed by atoms with E-state index in [1.807, 2.05) is 35.4 Å². The first-order valence-corrected chi connectivity index (χ1v) is 11.3. The molecule has 0 spiro atoms. The fourth-order valence-corrected chi connectivity index (χ4v) is 4.73. The molecule has 152 valence electrons. The molecular weight excluding hydrogens is 388 g/mol. The highest BCUT2D eigenvalue weighted by atomic mass is 32.2. The molecule has 0 radical (unpaired) electrons. The van der Waals surface area contributed by atoms with E-state index in [0.29, 0.717) is 18.7 Å². The van der Waals surface area contributed by atoms with E-state index in [9.17, 15) is 4.79 Å². The number of fused-ring (bicyclic) bond motifs is 2. The molecule has 0 bridgehead atoms. The number of amides is 1. The molecule has 5 rings (SSSR count). The van der Waals surface area contributed by atoms with Crippen LogP contribution in [0.2, 0.25) is 0 Å². The Kier molecular flexibility index (Phi) is 5.05. The van der Waals surface area contributed by atoms with E-state index in [-0.39, 0.29) is 18.1 Å². The van der Waals surface area contributed by atoms with Gasteiger partial charge in [-0.15, -0.1) is 0 Å². The zero-order valence-electron chi connectivity index (χ0n) is 16.4. The molecule has 3 aliphatic heterocycles. The Bertz CT molecular complexity index is 925. The lowest BCUT2D eigenvalue weighted by molar-refractivity contribution is 0.0305. The van der Waals surface area contributed by atoms with Gasteiger partial charge in [-0.25, -0.2) is 9.97 Å². The maximum atomic E-state index is 12.9. The van der Waals surface area contributed by atoms with Crippen LogP contribution in [-0.2, 0) is 6.54 Å². The van der Waals surface area contributed by atoms with Gasteiger partial charge in [-0.05, 0) is 37.8 Å². The average molecular weight is 413 g/mol. The highest BCUT2D eigenvalue weighted by Crippen LogP contribution is 2.32. The van der Waals surface area contributed by atoms with Crippen LogP contribution in [0.25, 0.3) is 0 Å². The van der Waals surface area contributed by atoms with E-state index in [1.165, 1.54) is 11.8 Å². The van der Waals surface area contributed by atoms with Gasteiger partial charge in [-0.2, -0.15) is 0 Å². The number of thioether (sulfide) groups is 1. The number of piperidine rings is 1. The molecule has 2 atom stereocenters. The van der Waals surface area contributed by atoms with Crippen molar-refractivity contribution in [2.24, 2.45) is 0 Å². The Balaban J connectivity index is 1.23. The van der Waals surface area contributed by atoms with Gasteiger partial charge in [-0.3, -0.25) is 9.69 Å². The predicted octanol–water partition coefficient (Wildman–Crippen LogP) is 2.46. The zero-order valence-corrected chi connectivity index (χ0v) is 17.2. The first-order valence-electron chi connectivity index (χ1n) is 10.0. The quantitative estimate of drug-likeness (QED) is 0.564. The summed E-state index contributed by atoms with van der Waals surface area (Å²) in [4.78, 5) is 26.1. The van der Waals surface area contributed by atoms with Gasteiger partial charge >= 0.3 is 0 Å². The smallest absolute Gasteiger partial charge is 0.258 e. The molecule has 1 saturated heterocycles. The maximum absolute atomic E-state index is 12.9. The molecule has 1 aromatic carbocycles. The Morgan fingerprint density at radius 2 is 2.14 bits per heavy atom. The molecule has 8 heteroatoms. The molecule has 2 aromatic rings. The highest BCUT2D eigenvalue weighted by molar-refractivity contribution is 7.98. The van der Waals surface area contributed by atoms with Crippen molar-refractivity contribution in [1.29, 1.82) is 0 Å². The lowest BCUT2D eigenvalue weighted by atomic mass is 10.0. The Morgan fingerprint density at radius 1 is 1.28 bits per heavy atom. The zero-order chi connectivity index (χ0) is 19.8.